The molecule has 13 heavy (non-hydrogen) atoms. The molecule has 1 aromatic rings. The van der Waals surface area contributed by atoms with Crippen LogP contribution in [0.2, 0.25) is 0 Å². The maximum Gasteiger partial charge on any atom is 0.231 e. The standard InChI is InChI=1S/C8H12N4O/c1-5(2)7-10-11-8-9-6(13)3-4-12(7)8/h5H,3-4H2,1-2H3,(H,9,11,13). The highest BCUT2D eigenvalue weighted by Gasteiger charge is 2.20. The molecule has 0 radical (unpaired) electrons. The lowest BCUT2D eigenvalue weighted by atomic mass is 10.2. The monoisotopic (exact) mass is 180 g/mol. The summed E-state index contributed by atoms with van der Waals surface area (Å²) in [6.45, 7) is 4.82. The van der Waals surface area contributed by atoms with Gasteiger partial charge in [0.2, 0.25) is 11.9 Å². The lowest BCUT2D eigenvalue weighted by Gasteiger charge is -2.16. The molecule has 1 aromatic heterocycles. The average Bonchev–Trinajstić information content (AvgIpc) is 2.46. The normalized spacial score (nSPS) is 15.8. The second-order valence-corrected chi connectivity index (χ2v) is 3.49. The van der Waals surface area contributed by atoms with Crippen molar-refractivity contribution in [3.05, 3.63) is 5.82 Å². The Morgan fingerprint density at radius 2 is 2.23 bits per heavy atom. The first-order valence-corrected chi connectivity index (χ1v) is 4.41. The molecule has 0 unspecified atom stereocenters. The molecule has 0 atom stereocenters. The van der Waals surface area contributed by atoms with Crippen molar-refractivity contribution in [1.82, 2.24) is 14.8 Å². The van der Waals surface area contributed by atoms with Gasteiger partial charge in [-0.1, -0.05) is 13.8 Å². The molecule has 0 fully saturated rings. The van der Waals surface area contributed by atoms with Crippen LogP contribution < -0.4 is 5.32 Å². The predicted molar refractivity (Wildman–Crippen MR) is 47.4 cm³/mol. The molecule has 0 aromatic carbocycles. The predicted octanol–water partition coefficient (Wildman–Crippen LogP) is 0.744. The molecule has 2 rings (SSSR count). The molecule has 1 aliphatic heterocycles. The van der Waals surface area contributed by atoms with Crippen LogP contribution in [0.5, 0.6) is 0 Å². The lowest BCUT2D eigenvalue weighted by molar-refractivity contribution is -0.116. The van der Waals surface area contributed by atoms with Gasteiger partial charge in [0.1, 0.15) is 5.82 Å². The first-order valence-electron chi connectivity index (χ1n) is 4.41. The van der Waals surface area contributed by atoms with Crippen molar-refractivity contribution in [2.24, 2.45) is 0 Å². The van der Waals surface area contributed by atoms with E-state index in [2.05, 4.69) is 29.4 Å². The quantitative estimate of drug-likeness (QED) is 0.693. The SMILES string of the molecule is CC(C)c1nnc2n1CCC(=O)N2. The average molecular weight is 180 g/mol. The van der Waals surface area contributed by atoms with Crippen LogP contribution in [0.4, 0.5) is 5.95 Å². The van der Waals surface area contributed by atoms with Gasteiger partial charge in [0.25, 0.3) is 0 Å². The summed E-state index contributed by atoms with van der Waals surface area (Å²) in [5.41, 5.74) is 0. The molecule has 5 heteroatoms. The molecule has 0 aliphatic carbocycles. The summed E-state index contributed by atoms with van der Waals surface area (Å²) in [6, 6.07) is 0. The van der Waals surface area contributed by atoms with Crippen LogP contribution in [0, 0.1) is 0 Å². The van der Waals surface area contributed by atoms with E-state index in [1.54, 1.807) is 0 Å². The van der Waals surface area contributed by atoms with Crippen molar-refractivity contribution >= 4 is 11.9 Å². The summed E-state index contributed by atoms with van der Waals surface area (Å²) in [6.07, 6.45) is 0.519. The summed E-state index contributed by atoms with van der Waals surface area (Å²) in [7, 11) is 0. The number of nitrogens with one attached hydrogen (secondary N) is 1. The molecule has 0 bridgehead atoms. The van der Waals surface area contributed by atoms with Gasteiger partial charge >= 0.3 is 0 Å². The first kappa shape index (κ1) is 8.22. The van der Waals surface area contributed by atoms with Crippen molar-refractivity contribution in [2.45, 2.75) is 32.7 Å². The van der Waals surface area contributed by atoms with E-state index in [0.29, 0.717) is 24.8 Å². The molecular weight excluding hydrogens is 168 g/mol. The molecule has 5 nitrogen and oxygen atoms in total. The fraction of sp³-hybridized carbons (Fsp3) is 0.625. The maximum absolute atomic E-state index is 11.0. The van der Waals surface area contributed by atoms with Gasteiger partial charge in [-0.05, 0) is 0 Å². The van der Waals surface area contributed by atoms with E-state index in [0.717, 1.165) is 5.82 Å². The van der Waals surface area contributed by atoms with Crippen molar-refractivity contribution in [3.8, 4) is 0 Å². The fourth-order valence-electron chi connectivity index (χ4n) is 1.46. The smallest absolute Gasteiger partial charge is 0.231 e. The number of rotatable bonds is 1. The molecule has 1 aliphatic rings. The number of nitrogens with zero attached hydrogens (tertiary/aromatic N) is 3. The number of hydrogen-bond acceptors (Lipinski definition) is 3. The summed E-state index contributed by atoms with van der Waals surface area (Å²) in [5.74, 6) is 1.89. The zero-order valence-corrected chi connectivity index (χ0v) is 7.74. The van der Waals surface area contributed by atoms with Gasteiger partial charge in [-0.25, -0.2) is 0 Å². The number of carbonyl (C=O) groups excluding carboxylic acids is 1. The summed E-state index contributed by atoms with van der Waals surface area (Å²) < 4.78 is 1.96. The minimum absolute atomic E-state index is 0.0233. The second kappa shape index (κ2) is 2.83. The van der Waals surface area contributed by atoms with E-state index in [1.807, 2.05) is 4.57 Å². The van der Waals surface area contributed by atoms with Gasteiger partial charge < -0.3 is 0 Å². The van der Waals surface area contributed by atoms with Crippen LogP contribution in [-0.4, -0.2) is 20.7 Å². The fourth-order valence-corrected chi connectivity index (χ4v) is 1.46. The van der Waals surface area contributed by atoms with Crippen LogP contribution >= 0.6 is 0 Å². The number of amides is 1. The zero-order valence-electron chi connectivity index (χ0n) is 7.74. The summed E-state index contributed by atoms with van der Waals surface area (Å²) >= 11 is 0. The highest BCUT2D eigenvalue weighted by molar-refractivity contribution is 5.90. The highest BCUT2D eigenvalue weighted by atomic mass is 16.1. The lowest BCUT2D eigenvalue weighted by Crippen LogP contribution is -2.24. The van der Waals surface area contributed by atoms with Gasteiger partial charge in [-0.3, -0.25) is 14.7 Å². The Bertz CT molecular complexity index is 342. The highest BCUT2D eigenvalue weighted by Crippen LogP contribution is 2.19. The largest absolute Gasteiger partial charge is 0.296 e. The Labute approximate surface area is 76.2 Å². The number of aromatic nitrogens is 3. The van der Waals surface area contributed by atoms with Crippen molar-refractivity contribution < 1.29 is 4.79 Å². The van der Waals surface area contributed by atoms with Crippen LogP contribution in [0.15, 0.2) is 0 Å². The van der Waals surface area contributed by atoms with Crippen LogP contribution in [0.25, 0.3) is 0 Å². The molecule has 0 saturated carbocycles. The molecule has 0 spiro atoms. The molecule has 2 heterocycles. The van der Waals surface area contributed by atoms with Gasteiger partial charge in [0, 0.05) is 18.9 Å². The molecular formula is C8H12N4O. The third kappa shape index (κ3) is 1.30. The molecule has 1 N–H and O–H groups in total. The van der Waals surface area contributed by atoms with E-state index in [-0.39, 0.29) is 5.91 Å². The Morgan fingerprint density at radius 1 is 1.46 bits per heavy atom. The Kier molecular flexibility index (Phi) is 1.79. The number of anilines is 1. The van der Waals surface area contributed by atoms with Gasteiger partial charge in [-0.2, -0.15) is 0 Å². The molecule has 0 saturated heterocycles. The third-order valence-electron chi connectivity index (χ3n) is 2.11. The van der Waals surface area contributed by atoms with Crippen LogP contribution in [0.3, 0.4) is 0 Å². The molecule has 70 valence electrons. The minimum atomic E-state index is 0.0233. The number of carbonyl (C=O) groups is 1. The van der Waals surface area contributed by atoms with E-state index in [9.17, 15) is 4.79 Å². The Hall–Kier alpha value is -1.39. The number of fused-ring (bicyclic) bond motifs is 1. The van der Waals surface area contributed by atoms with Crippen molar-refractivity contribution in [1.29, 1.82) is 0 Å². The van der Waals surface area contributed by atoms with E-state index < -0.39 is 0 Å². The van der Waals surface area contributed by atoms with Crippen molar-refractivity contribution in [2.75, 3.05) is 5.32 Å². The summed E-state index contributed by atoms with van der Waals surface area (Å²) in [4.78, 5) is 11.0. The van der Waals surface area contributed by atoms with E-state index >= 15 is 0 Å². The van der Waals surface area contributed by atoms with Crippen LogP contribution in [-0.2, 0) is 11.3 Å². The van der Waals surface area contributed by atoms with E-state index in [4.69, 9.17) is 0 Å². The van der Waals surface area contributed by atoms with Crippen LogP contribution in [0.1, 0.15) is 32.0 Å². The summed E-state index contributed by atoms with van der Waals surface area (Å²) in [5, 5.41) is 10.6. The molecule has 1 amide bonds. The number of hydrogen-bond donors (Lipinski definition) is 1. The minimum Gasteiger partial charge on any atom is -0.296 e. The maximum atomic E-state index is 11.0. The van der Waals surface area contributed by atoms with Crippen molar-refractivity contribution in [3.63, 3.8) is 0 Å². The Morgan fingerprint density at radius 3 is 2.92 bits per heavy atom. The second-order valence-electron chi connectivity index (χ2n) is 3.49. The van der Waals surface area contributed by atoms with Gasteiger partial charge in [-0.15, -0.1) is 10.2 Å². The van der Waals surface area contributed by atoms with Gasteiger partial charge in [0.05, 0.1) is 0 Å². The third-order valence-corrected chi connectivity index (χ3v) is 2.11. The zero-order chi connectivity index (χ0) is 9.42. The Balaban J connectivity index is 2.38. The van der Waals surface area contributed by atoms with E-state index in [1.165, 1.54) is 0 Å². The topological polar surface area (TPSA) is 59.8 Å². The first-order chi connectivity index (χ1) is 6.18. The van der Waals surface area contributed by atoms with Gasteiger partial charge in [0.15, 0.2) is 0 Å².